The maximum atomic E-state index is 12.0. The van der Waals surface area contributed by atoms with Crippen molar-refractivity contribution in [3.8, 4) is 0 Å². The molecule has 21 heavy (non-hydrogen) atoms. The average molecular weight is 283 g/mol. The highest BCUT2D eigenvalue weighted by Gasteiger charge is 2.07. The number of rotatable bonds is 3. The molecule has 2 N–H and O–H groups in total. The summed E-state index contributed by atoms with van der Waals surface area (Å²) in [6.45, 7) is 1.86. The number of benzene rings is 1. The van der Waals surface area contributed by atoms with Crippen molar-refractivity contribution in [3.63, 3.8) is 0 Å². The molecule has 2 heterocycles. The monoisotopic (exact) mass is 283 g/mol. The topological polar surface area (TPSA) is 88.0 Å². The van der Waals surface area contributed by atoms with Crippen LogP contribution in [0.25, 0.3) is 11.1 Å². The van der Waals surface area contributed by atoms with Crippen LogP contribution in [0.2, 0.25) is 0 Å². The number of aryl methyl sites for hydroxylation is 1. The predicted octanol–water partition coefficient (Wildman–Crippen LogP) is 2.01. The van der Waals surface area contributed by atoms with Crippen LogP contribution < -0.4 is 11.1 Å². The van der Waals surface area contributed by atoms with Crippen molar-refractivity contribution in [2.45, 2.75) is 13.3 Å². The molecule has 1 amide bonds. The lowest BCUT2D eigenvalue weighted by atomic mass is 10.1. The lowest BCUT2D eigenvalue weighted by Crippen LogP contribution is -2.14. The van der Waals surface area contributed by atoms with Crippen molar-refractivity contribution in [3.05, 3.63) is 58.3 Å². The highest BCUT2D eigenvalue weighted by atomic mass is 16.4. The lowest BCUT2D eigenvalue weighted by molar-refractivity contribution is -0.115. The fourth-order valence-corrected chi connectivity index (χ4v) is 2.12. The van der Waals surface area contributed by atoms with E-state index in [-0.39, 0.29) is 12.3 Å². The molecule has 0 bridgehead atoms. The van der Waals surface area contributed by atoms with Crippen LogP contribution in [-0.4, -0.2) is 15.9 Å². The molecule has 3 rings (SSSR count). The molecular formula is C15H13N3O3. The van der Waals surface area contributed by atoms with Crippen LogP contribution >= 0.6 is 0 Å². The smallest absolute Gasteiger partial charge is 0.408 e. The Hall–Kier alpha value is -2.89. The second-order valence-electron chi connectivity index (χ2n) is 4.76. The molecule has 2 aromatic heterocycles. The Balaban J connectivity index is 1.75. The number of nitrogens with zero attached hydrogens (tertiary/aromatic N) is 1. The first-order valence-corrected chi connectivity index (χ1v) is 6.44. The molecule has 6 heteroatoms. The van der Waals surface area contributed by atoms with E-state index in [2.05, 4.69) is 15.3 Å². The van der Waals surface area contributed by atoms with Crippen LogP contribution in [0.5, 0.6) is 0 Å². The van der Waals surface area contributed by atoms with E-state index in [0.717, 1.165) is 11.3 Å². The number of anilines is 1. The summed E-state index contributed by atoms with van der Waals surface area (Å²) in [5.41, 5.74) is 3.41. The zero-order valence-corrected chi connectivity index (χ0v) is 11.3. The minimum absolute atomic E-state index is 0.134. The van der Waals surface area contributed by atoms with Crippen molar-refractivity contribution in [1.29, 1.82) is 0 Å². The van der Waals surface area contributed by atoms with Crippen molar-refractivity contribution >= 4 is 22.7 Å². The van der Waals surface area contributed by atoms with Crippen LogP contribution in [0.1, 0.15) is 11.3 Å². The number of fused-ring (bicyclic) bond motifs is 1. The number of carbonyl (C=O) groups is 1. The van der Waals surface area contributed by atoms with Crippen LogP contribution in [0, 0.1) is 6.92 Å². The summed E-state index contributed by atoms with van der Waals surface area (Å²) in [5.74, 6) is -0.635. The molecule has 0 aliphatic rings. The second kappa shape index (κ2) is 5.24. The molecule has 0 radical (unpaired) electrons. The highest BCUT2D eigenvalue weighted by molar-refractivity contribution is 5.92. The maximum absolute atomic E-state index is 12.0. The number of amides is 1. The van der Waals surface area contributed by atoms with Gasteiger partial charge in [0.25, 0.3) is 0 Å². The van der Waals surface area contributed by atoms with Gasteiger partial charge in [0, 0.05) is 17.6 Å². The summed E-state index contributed by atoms with van der Waals surface area (Å²) in [6, 6.07) is 8.71. The van der Waals surface area contributed by atoms with E-state index in [0.29, 0.717) is 16.8 Å². The van der Waals surface area contributed by atoms with E-state index in [1.807, 2.05) is 6.92 Å². The number of hydrogen-bond acceptors (Lipinski definition) is 4. The number of aromatic amines is 1. The molecule has 0 unspecified atom stereocenters. The van der Waals surface area contributed by atoms with Gasteiger partial charge in [-0.05, 0) is 36.8 Å². The summed E-state index contributed by atoms with van der Waals surface area (Å²) >= 11 is 0. The molecule has 0 saturated heterocycles. The Morgan fingerprint density at radius 2 is 2.19 bits per heavy atom. The summed E-state index contributed by atoms with van der Waals surface area (Å²) in [4.78, 5) is 29.7. The maximum Gasteiger partial charge on any atom is 0.417 e. The van der Waals surface area contributed by atoms with E-state index in [9.17, 15) is 9.59 Å². The molecule has 6 nitrogen and oxygen atoms in total. The first-order valence-electron chi connectivity index (χ1n) is 6.44. The summed E-state index contributed by atoms with van der Waals surface area (Å²) in [5, 5.41) is 2.81. The third kappa shape index (κ3) is 3.00. The van der Waals surface area contributed by atoms with E-state index in [1.165, 1.54) is 0 Å². The van der Waals surface area contributed by atoms with E-state index in [1.54, 1.807) is 36.5 Å². The minimum atomic E-state index is -0.501. The van der Waals surface area contributed by atoms with Gasteiger partial charge in [-0.2, -0.15) is 0 Å². The Bertz CT molecular complexity index is 864. The molecule has 1 aromatic carbocycles. The standard InChI is InChI=1S/C15H13N3O3/c1-9-6-11(4-5-16-9)17-14(19)8-10-2-3-13-12(7-10)18-15(20)21-13/h2-7H,8H2,1H3,(H,18,20)(H,16,17,19). The van der Waals surface area contributed by atoms with Crippen LogP contribution in [-0.2, 0) is 11.2 Å². The Morgan fingerprint density at radius 3 is 3.00 bits per heavy atom. The fourth-order valence-electron chi connectivity index (χ4n) is 2.12. The van der Waals surface area contributed by atoms with Crippen molar-refractivity contribution in [2.24, 2.45) is 0 Å². The highest BCUT2D eigenvalue weighted by Crippen LogP contribution is 2.14. The van der Waals surface area contributed by atoms with Crippen LogP contribution in [0.15, 0.2) is 45.7 Å². The first kappa shape index (κ1) is 13.1. The van der Waals surface area contributed by atoms with Gasteiger partial charge in [0.05, 0.1) is 11.9 Å². The average Bonchev–Trinajstić information content (AvgIpc) is 2.78. The number of oxazole rings is 1. The fraction of sp³-hybridized carbons (Fsp3) is 0.133. The van der Waals surface area contributed by atoms with Gasteiger partial charge in [0.2, 0.25) is 5.91 Å². The zero-order chi connectivity index (χ0) is 14.8. The quantitative estimate of drug-likeness (QED) is 0.769. The van der Waals surface area contributed by atoms with E-state index in [4.69, 9.17) is 4.42 Å². The summed E-state index contributed by atoms with van der Waals surface area (Å²) in [7, 11) is 0. The van der Waals surface area contributed by atoms with Crippen molar-refractivity contribution in [1.82, 2.24) is 9.97 Å². The van der Waals surface area contributed by atoms with Gasteiger partial charge in [-0.25, -0.2) is 4.79 Å². The molecular weight excluding hydrogens is 270 g/mol. The largest absolute Gasteiger partial charge is 0.417 e. The first-order chi connectivity index (χ1) is 10.1. The molecule has 0 atom stereocenters. The minimum Gasteiger partial charge on any atom is -0.408 e. The van der Waals surface area contributed by atoms with Crippen LogP contribution in [0.3, 0.4) is 0 Å². The van der Waals surface area contributed by atoms with Gasteiger partial charge in [0.1, 0.15) is 0 Å². The van der Waals surface area contributed by atoms with Crippen molar-refractivity contribution in [2.75, 3.05) is 5.32 Å². The van der Waals surface area contributed by atoms with E-state index >= 15 is 0 Å². The number of hydrogen-bond donors (Lipinski definition) is 2. The predicted molar refractivity (Wildman–Crippen MR) is 78.1 cm³/mol. The third-order valence-electron chi connectivity index (χ3n) is 3.03. The zero-order valence-electron chi connectivity index (χ0n) is 11.3. The molecule has 106 valence electrons. The second-order valence-corrected chi connectivity index (χ2v) is 4.76. The van der Waals surface area contributed by atoms with Gasteiger partial charge < -0.3 is 9.73 Å². The Morgan fingerprint density at radius 1 is 1.33 bits per heavy atom. The van der Waals surface area contributed by atoms with Gasteiger partial charge in [-0.1, -0.05) is 6.07 Å². The van der Waals surface area contributed by atoms with Crippen LogP contribution in [0.4, 0.5) is 5.69 Å². The summed E-state index contributed by atoms with van der Waals surface area (Å²) < 4.78 is 4.92. The number of nitrogens with one attached hydrogen (secondary N) is 2. The Kier molecular flexibility index (Phi) is 3.27. The lowest BCUT2D eigenvalue weighted by Gasteiger charge is -2.05. The third-order valence-corrected chi connectivity index (χ3v) is 3.03. The van der Waals surface area contributed by atoms with Gasteiger partial charge in [0.15, 0.2) is 5.58 Å². The SMILES string of the molecule is Cc1cc(NC(=O)Cc2ccc3oc(=O)[nH]c3c2)ccn1. The van der Waals surface area contributed by atoms with Gasteiger partial charge in [-0.15, -0.1) is 0 Å². The number of pyridine rings is 1. The molecule has 0 aliphatic carbocycles. The Labute approximate surface area is 119 Å². The van der Waals surface area contributed by atoms with Gasteiger partial charge >= 0.3 is 5.76 Å². The molecule has 3 aromatic rings. The van der Waals surface area contributed by atoms with Crippen molar-refractivity contribution < 1.29 is 9.21 Å². The molecule has 0 spiro atoms. The molecule has 0 aliphatic heterocycles. The normalized spacial score (nSPS) is 10.7. The molecule has 0 saturated carbocycles. The van der Waals surface area contributed by atoms with E-state index < -0.39 is 5.76 Å². The summed E-state index contributed by atoms with van der Waals surface area (Å²) in [6.07, 6.45) is 1.86. The molecule has 0 fully saturated rings. The number of carbonyl (C=O) groups excluding carboxylic acids is 1. The number of H-pyrrole nitrogens is 1. The van der Waals surface area contributed by atoms with Gasteiger partial charge in [-0.3, -0.25) is 14.8 Å². The number of aromatic nitrogens is 2.